The minimum atomic E-state index is -0.438. The molecule has 0 aromatic carbocycles. The first-order chi connectivity index (χ1) is 11.5. The zero-order valence-corrected chi connectivity index (χ0v) is 14.9. The van der Waals surface area contributed by atoms with Crippen LogP contribution in [0.1, 0.15) is 52.4 Å². The van der Waals surface area contributed by atoms with E-state index in [0.717, 1.165) is 25.1 Å². The van der Waals surface area contributed by atoms with E-state index >= 15 is 0 Å². The summed E-state index contributed by atoms with van der Waals surface area (Å²) in [7, 11) is 0. The molecule has 1 N–H and O–H groups in total. The molecule has 0 unspecified atom stereocenters. The van der Waals surface area contributed by atoms with Gasteiger partial charge in [0.2, 0.25) is 6.54 Å². The smallest absolute Gasteiger partial charge is 0.310 e. The summed E-state index contributed by atoms with van der Waals surface area (Å²) < 4.78 is 5.02. The van der Waals surface area contributed by atoms with Crippen LogP contribution in [-0.4, -0.2) is 30.6 Å². The van der Waals surface area contributed by atoms with Crippen LogP contribution < -0.4 is 5.32 Å². The molecule has 0 amide bonds. The molecule has 0 spiro atoms. The predicted octanol–water partition coefficient (Wildman–Crippen LogP) is 3.77. The molecule has 6 heteroatoms. The zero-order valence-electron chi connectivity index (χ0n) is 14.9. The fourth-order valence-electron chi connectivity index (χ4n) is 1.89. The highest BCUT2D eigenvalue weighted by atomic mass is 16.6. The lowest BCUT2D eigenvalue weighted by Gasteiger charge is -2.06. The molecule has 0 radical (unpaired) electrons. The van der Waals surface area contributed by atoms with Gasteiger partial charge in [0.25, 0.3) is 0 Å². The van der Waals surface area contributed by atoms with Crippen molar-refractivity contribution in [3.05, 3.63) is 46.2 Å². The van der Waals surface area contributed by atoms with Gasteiger partial charge in [-0.15, -0.1) is 0 Å². The molecule has 0 atom stereocenters. The molecule has 136 valence electrons. The molecular weight excluding hydrogens is 308 g/mol. The first-order valence-electron chi connectivity index (χ1n) is 8.56. The maximum Gasteiger partial charge on any atom is 0.310 e. The average molecular weight is 338 g/mol. The quantitative estimate of drug-likeness (QED) is 0.171. The number of unbranched alkanes of at least 4 members (excludes halogenated alkanes) is 3. The molecule has 24 heavy (non-hydrogen) atoms. The predicted molar refractivity (Wildman–Crippen MR) is 96.2 cm³/mol. The van der Waals surface area contributed by atoms with E-state index in [1.165, 1.54) is 25.3 Å². The lowest BCUT2D eigenvalue weighted by Crippen LogP contribution is -2.12. The van der Waals surface area contributed by atoms with Gasteiger partial charge in [0.1, 0.15) is 0 Å². The fourth-order valence-corrected chi connectivity index (χ4v) is 1.89. The van der Waals surface area contributed by atoms with E-state index in [1.807, 2.05) is 6.92 Å². The van der Waals surface area contributed by atoms with Gasteiger partial charge in [0, 0.05) is 17.2 Å². The van der Waals surface area contributed by atoms with Crippen LogP contribution in [0.3, 0.4) is 0 Å². The van der Waals surface area contributed by atoms with Gasteiger partial charge in [-0.25, -0.2) is 0 Å². The van der Waals surface area contributed by atoms with E-state index < -0.39 is 4.92 Å². The van der Waals surface area contributed by atoms with E-state index in [4.69, 9.17) is 4.74 Å². The van der Waals surface area contributed by atoms with Crippen molar-refractivity contribution >= 4 is 5.97 Å². The first-order valence-corrected chi connectivity index (χ1v) is 8.56. The minimum absolute atomic E-state index is 0.0219. The zero-order chi connectivity index (χ0) is 18.2. The van der Waals surface area contributed by atoms with Gasteiger partial charge in [0.15, 0.2) is 0 Å². The lowest BCUT2D eigenvalue weighted by molar-refractivity contribution is -0.468. The average Bonchev–Trinajstić information content (AvgIpc) is 2.55. The summed E-state index contributed by atoms with van der Waals surface area (Å²) >= 11 is 0. The molecule has 0 fully saturated rings. The van der Waals surface area contributed by atoms with Crippen LogP contribution in [0.25, 0.3) is 0 Å². The number of carbonyl (C=O) groups is 1. The van der Waals surface area contributed by atoms with Crippen molar-refractivity contribution in [1.29, 1.82) is 0 Å². The Balaban J connectivity index is 4.45. The molecule has 6 nitrogen and oxygen atoms in total. The standard InChI is InChI=1S/C18H30N2O4/c1-4-6-7-8-12-19-16(3)9-10-17(11-13-20(22)23)15-18(21)24-14-5-2/h9-11,19H,3-8,12-15H2,1-2H3/b10-9-,17-11+. The van der Waals surface area contributed by atoms with Crippen molar-refractivity contribution in [2.24, 2.45) is 0 Å². The summed E-state index contributed by atoms with van der Waals surface area (Å²) in [6.45, 7) is 8.85. The molecule has 0 aliphatic carbocycles. The molecule has 0 aliphatic rings. The number of allylic oxidation sites excluding steroid dienone is 2. The number of ether oxygens (including phenoxy) is 1. The summed E-state index contributed by atoms with van der Waals surface area (Å²) in [5, 5.41) is 13.7. The van der Waals surface area contributed by atoms with Gasteiger partial charge in [-0.05, 0) is 30.6 Å². The SMILES string of the molecule is C=C(/C=C\C(=C/C[N+](=O)[O-])CC(=O)OCCC)NCCCCCC. The number of hydrogen-bond acceptors (Lipinski definition) is 5. The van der Waals surface area contributed by atoms with Crippen LogP contribution in [0, 0.1) is 10.1 Å². The highest BCUT2D eigenvalue weighted by Crippen LogP contribution is 2.07. The maximum atomic E-state index is 11.7. The van der Waals surface area contributed by atoms with Crippen LogP contribution in [0.5, 0.6) is 0 Å². The Morgan fingerprint density at radius 1 is 1.21 bits per heavy atom. The van der Waals surface area contributed by atoms with Gasteiger partial charge >= 0.3 is 5.97 Å². The molecular formula is C18H30N2O4. The van der Waals surface area contributed by atoms with Crippen molar-refractivity contribution in [3.63, 3.8) is 0 Å². The Bertz CT molecular complexity index is 456. The van der Waals surface area contributed by atoms with Gasteiger partial charge in [0.05, 0.1) is 13.0 Å². The maximum absolute atomic E-state index is 11.7. The molecule has 0 saturated carbocycles. The summed E-state index contributed by atoms with van der Waals surface area (Å²) in [5.74, 6) is -0.380. The van der Waals surface area contributed by atoms with Crippen LogP contribution in [0.4, 0.5) is 0 Å². The van der Waals surface area contributed by atoms with Crippen LogP contribution >= 0.6 is 0 Å². The first kappa shape index (κ1) is 21.9. The largest absolute Gasteiger partial charge is 0.465 e. The van der Waals surface area contributed by atoms with Gasteiger partial charge < -0.3 is 10.1 Å². The lowest BCUT2D eigenvalue weighted by atomic mass is 10.1. The molecule has 0 aromatic rings. The highest BCUT2D eigenvalue weighted by Gasteiger charge is 2.06. The third-order valence-corrected chi connectivity index (χ3v) is 3.20. The third-order valence-electron chi connectivity index (χ3n) is 3.20. The number of nitrogens with zero attached hydrogens (tertiary/aromatic N) is 1. The molecule has 0 rings (SSSR count). The number of nitrogens with one attached hydrogen (secondary N) is 1. The van der Waals surface area contributed by atoms with E-state index in [-0.39, 0.29) is 18.9 Å². The summed E-state index contributed by atoms with van der Waals surface area (Å²) in [6, 6.07) is 0. The second kappa shape index (κ2) is 14.5. The number of carbonyl (C=O) groups excluding carboxylic acids is 1. The molecule has 0 bridgehead atoms. The van der Waals surface area contributed by atoms with E-state index in [1.54, 1.807) is 12.2 Å². The Hall–Kier alpha value is -2.11. The third kappa shape index (κ3) is 13.5. The highest BCUT2D eigenvalue weighted by molar-refractivity contribution is 5.73. The summed E-state index contributed by atoms with van der Waals surface area (Å²) in [4.78, 5) is 21.7. The molecule has 0 aromatic heterocycles. The Labute approximate surface area is 144 Å². The number of hydrogen-bond donors (Lipinski definition) is 1. The van der Waals surface area contributed by atoms with Crippen LogP contribution in [-0.2, 0) is 9.53 Å². The van der Waals surface area contributed by atoms with Crippen molar-refractivity contribution < 1.29 is 14.5 Å². The van der Waals surface area contributed by atoms with Crippen molar-refractivity contribution in [3.8, 4) is 0 Å². The molecule has 0 saturated heterocycles. The number of esters is 1. The van der Waals surface area contributed by atoms with Crippen LogP contribution in [0.15, 0.2) is 36.1 Å². The van der Waals surface area contributed by atoms with Gasteiger partial charge in [-0.3, -0.25) is 14.9 Å². The normalized spacial score (nSPS) is 11.5. The monoisotopic (exact) mass is 338 g/mol. The Morgan fingerprint density at radius 2 is 1.96 bits per heavy atom. The number of rotatable bonds is 14. The van der Waals surface area contributed by atoms with Crippen molar-refractivity contribution in [1.82, 2.24) is 5.32 Å². The van der Waals surface area contributed by atoms with Crippen LogP contribution in [0.2, 0.25) is 0 Å². The topological polar surface area (TPSA) is 81.5 Å². The fraction of sp³-hybridized carbons (Fsp3) is 0.611. The van der Waals surface area contributed by atoms with Crippen molar-refractivity contribution in [2.45, 2.75) is 52.4 Å². The molecule has 0 heterocycles. The second-order valence-electron chi connectivity index (χ2n) is 5.54. The van der Waals surface area contributed by atoms with E-state index in [0.29, 0.717) is 12.2 Å². The minimum Gasteiger partial charge on any atom is -0.465 e. The van der Waals surface area contributed by atoms with E-state index in [9.17, 15) is 14.9 Å². The summed E-state index contributed by atoms with van der Waals surface area (Å²) in [5.41, 5.74) is 1.28. The summed E-state index contributed by atoms with van der Waals surface area (Å²) in [6.07, 6.45) is 10.3. The van der Waals surface area contributed by atoms with E-state index in [2.05, 4.69) is 18.8 Å². The number of nitro groups is 1. The van der Waals surface area contributed by atoms with Gasteiger partial charge in [-0.1, -0.05) is 45.8 Å². The van der Waals surface area contributed by atoms with Crippen molar-refractivity contribution in [2.75, 3.05) is 19.7 Å². The Morgan fingerprint density at radius 3 is 2.58 bits per heavy atom. The Kier molecular flexibility index (Phi) is 13.2. The molecule has 0 aliphatic heterocycles. The van der Waals surface area contributed by atoms with Gasteiger partial charge in [-0.2, -0.15) is 0 Å². The second-order valence-corrected chi connectivity index (χ2v) is 5.54.